The summed E-state index contributed by atoms with van der Waals surface area (Å²) < 4.78 is 48.4. The lowest BCUT2D eigenvalue weighted by Crippen LogP contribution is -2.45. The number of hydrogen-bond donors (Lipinski definition) is 1. The number of halogens is 1. The van der Waals surface area contributed by atoms with Crippen molar-refractivity contribution in [1.29, 1.82) is 5.26 Å². The number of aromatic nitrogens is 2. The Kier molecular flexibility index (Phi) is 6.47. The first-order valence-electron chi connectivity index (χ1n) is 13.2. The number of nitrogens with zero attached hydrogens (tertiary/aromatic N) is 3. The molecule has 0 saturated carbocycles. The van der Waals surface area contributed by atoms with E-state index < -0.39 is 10.5 Å². The molecule has 0 unspecified atom stereocenters. The zero-order chi connectivity index (χ0) is 29.1. The van der Waals surface area contributed by atoms with E-state index in [0.29, 0.717) is 56.5 Å². The Morgan fingerprint density at radius 2 is 1.90 bits per heavy atom. The van der Waals surface area contributed by atoms with Crippen LogP contribution in [-0.2, 0) is 10.5 Å². The highest BCUT2D eigenvalue weighted by Crippen LogP contribution is 2.39. The van der Waals surface area contributed by atoms with Gasteiger partial charge < -0.3 is 23.4 Å². The van der Waals surface area contributed by atoms with E-state index in [1.165, 1.54) is 12.1 Å². The van der Waals surface area contributed by atoms with Crippen LogP contribution in [0.15, 0.2) is 59.4 Å². The summed E-state index contributed by atoms with van der Waals surface area (Å²) in [5, 5.41) is 11.2. The van der Waals surface area contributed by atoms with Gasteiger partial charge in [-0.1, -0.05) is 35.9 Å². The van der Waals surface area contributed by atoms with E-state index in [2.05, 4.69) is 24.7 Å². The van der Waals surface area contributed by atoms with E-state index >= 15 is 0 Å². The fourth-order valence-electron chi connectivity index (χ4n) is 5.51. The predicted octanol–water partition coefficient (Wildman–Crippen LogP) is 5.29. The fraction of sp³-hybridized carbons (Fsp3) is 0.267. The number of pyridine rings is 1. The summed E-state index contributed by atoms with van der Waals surface area (Å²) in [5.74, 6) is 0.446. The highest BCUT2D eigenvalue weighted by molar-refractivity contribution is 7.81. The number of aromatic amines is 1. The Balaban J connectivity index is 1.68. The lowest BCUT2D eigenvalue weighted by molar-refractivity contribution is 0.146. The molecule has 0 spiro atoms. The van der Waals surface area contributed by atoms with Crippen LogP contribution in [0.5, 0.6) is 11.5 Å². The van der Waals surface area contributed by atoms with Crippen LogP contribution >= 0.6 is 0 Å². The number of benzene rings is 3. The topological polar surface area (TPSA) is 117 Å². The van der Waals surface area contributed by atoms with Gasteiger partial charge in [-0.15, -0.1) is 0 Å². The molecular weight excluding hydrogens is 547 g/mol. The zero-order valence-electron chi connectivity index (χ0n) is 22.6. The molecule has 6 rings (SSSR count). The van der Waals surface area contributed by atoms with Crippen molar-refractivity contribution in [3.8, 4) is 28.7 Å². The third-order valence-corrected chi connectivity index (χ3v) is 7.69. The summed E-state index contributed by atoms with van der Waals surface area (Å²) >= 11 is 0. The van der Waals surface area contributed by atoms with Gasteiger partial charge in [0, 0.05) is 29.6 Å². The Hall–Kier alpha value is -4.40. The zero-order valence-corrected chi connectivity index (χ0v) is 23.5. The molecule has 0 amide bonds. The first kappa shape index (κ1) is 26.8. The largest absolute Gasteiger partial charge is 0.493 e. The molecule has 1 N–H and O–H groups in total. The molecule has 9 nitrogen and oxygen atoms in total. The number of hydrogen-bond acceptors (Lipinski definition) is 7. The van der Waals surface area contributed by atoms with Crippen molar-refractivity contribution in [2.75, 3.05) is 26.7 Å². The predicted molar refractivity (Wildman–Crippen MR) is 155 cm³/mol. The van der Waals surface area contributed by atoms with E-state index in [-0.39, 0.29) is 23.1 Å². The van der Waals surface area contributed by atoms with E-state index in [9.17, 15) is 22.4 Å². The van der Waals surface area contributed by atoms with Crippen molar-refractivity contribution < 1.29 is 21.2 Å². The fourth-order valence-corrected chi connectivity index (χ4v) is 5.84. The van der Waals surface area contributed by atoms with Crippen LogP contribution in [0.1, 0.15) is 25.5 Å². The van der Waals surface area contributed by atoms with Gasteiger partial charge in [-0.3, -0.25) is 4.79 Å². The minimum absolute atomic E-state index is 0.0655. The highest BCUT2D eigenvalue weighted by Gasteiger charge is 2.30. The summed E-state index contributed by atoms with van der Waals surface area (Å²) in [6, 6.07) is 17.1. The molecule has 2 aromatic heterocycles. The number of H-pyrrole nitrogens is 1. The van der Waals surface area contributed by atoms with Crippen molar-refractivity contribution in [2.45, 2.75) is 19.9 Å². The van der Waals surface area contributed by atoms with Crippen molar-refractivity contribution in [3.63, 3.8) is 0 Å². The van der Waals surface area contributed by atoms with Gasteiger partial charge in [-0.25, -0.2) is 0 Å². The normalized spacial score (nSPS) is 14.5. The van der Waals surface area contributed by atoms with Crippen LogP contribution in [-0.4, -0.2) is 49.6 Å². The number of likely N-dealkylation sites (tertiary alicyclic amines) is 1. The molecule has 0 atom stereocenters. The first-order valence-corrected chi connectivity index (χ1v) is 14.5. The van der Waals surface area contributed by atoms with Crippen LogP contribution in [0.3, 0.4) is 0 Å². The summed E-state index contributed by atoms with van der Waals surface area (Å²) in [4.78, 5) is 19.7. The number of nitrogens with one attached hydrogen (secondary N) is 1. The van der Waals surface area contributed by atoms with Crippen molar-refractivity contribution in [2.24, 2.45) is 5.92 Å². The Morgan fingerprint density at radius 3 is 2.59 bits per heavy atom. The molecule has 11 heteroatoms. The molecule has 1 aliphatic heterocycles. The molecule has 41 heavy (non-hydrogen) atoms. The Morgan fingerprint density at radius 1 is 1.12 bits per heavy atom. The standard InChI is InChI=1S/C30H27FN4O5S/c1-17(2)16-39-27-12-24-26(11-23(27)19-5-4-6-21(10-19)40-41(31,37)38)35(20-14-34(3)15-20)30-28(29(24)36)22-8-7-18(13-32)9-25(22)33-30/h4-12,17,20,33H,14-16H2,1-3H3. The second kappa shape index (κ2) is 9.90. The van der Waals surface area contributed by atoms with Gasteiger partial charge in [0.25, 0.3) is 0 Å². The summed E-state index contributed by atoms with van der Waals surface area (Å²) in [6.45, 7) is 5.93. The SMILES string of the molecule is CC(C)COc1cc2c(=O)c3c4ccc(C#N)cc4[nH]c3n(C3CN(C)C3)c2cc1-c1cccc(OS(=O)(=O)F)c1. The molecule has 3 heterocycles. The number of ether oxygens (including phenoxy) is 1. The van der Waals surface area contributed by atoms with Gasteiger partial charge in [0.15, 0.2) is 5.43 Å². The van der Waals surface area contributed by atoms with Crippen LogP contribution in [0.2, 0.25) is 0 Å². The minimum atomic E-state index is -5.21. The quantitative estimate of drug-likeness (QED) is 0.263. The number of rotatable bonds is 7. The van der Waals surface area contributed by atoms with Gasteiger partial charge >= 0.3 is 10.5 Å². The minimum Gasteiger partial charge on any atom is -0.493 e. The second-order valence-corrected chi connectivity index (χ2v) is 11.8. The molecular formula is C30H27FN4O5S. The maximum Gasteiger partial charge on any atom is 0.488 e. The number of fused-ring (bicyclic) bond motifs is 4. The van der Waals surface area contributed by atoms with Gasteiger partial charge in [0.1, 0.15) is 17.1 Å². The third kappa shape index (κ3) is 4.90. The monoisotopic (exact) mass is 574 g/mol. The van der Waals surface area contributed by atoms with E-state index in [1.54, 1.807) is 36.4 Å². The van der Waals surface area contributed by atoms with E-state index in [4.69, 9.17) is 4.74 Å². The number of likely N-dealkylation sites (N-methyl/N-ethyl adjacent to an activating group) is 1. The van der Waals surface area contributed by atoms with Gasteiger partial charge in [0.05, 0.1) is 40.6 Å². The lowest BCUT2D eigenvalue weighted by Gasteiger charge is -2.39. The first-order chi connectivity index (χ1) is 19.5. The highest BCUT2D eigenvalue weighted by atomic mass is 32.3. The molecule has 0 aliphatic carbocycles. The molecule has 0 bridgehead atoms. The van der Waals surface area contributed by atoms with Crippen LogP contribution in [0, 0.1) is 17.2 Å². The van der Waals surface area contributed by atoms with Crippen molar-refractivity contribution in [3.05, 3.63) is 70.4 Å². The van der Waals surface area contributed by atoms with Gasteiger partial charge in [-0.05, 0) is 54.9 Å². The molecule has 0 radical (unpaired) electrons. The average Bonchev–Trinajstić information content (AvgIpc) is 3.28. The molecule has 210 valence electrons. The van der Waals surface area contributed by atoms with Crippen LogP contribution in [0.25, 0.3) is 44.0 Å². The lowest BCUT2D eigenvalue weighted by atomic mass is 9.99. The Bertz CT molecular complexity index is 2050. The average molecular weight is 575 g/mol. The van der Waals surface area contributed by atoms with Crippen molar-refractivity contribution >= 4 is 43.3 Å². The second-order valence-electron chi connectivity index (χ2n) is 10.9. The van der Waals surface area contributed by atoms with E-state index in [1.807, 2.05) is 27.0 Å². The van der Waals surface area contributed by atoms with Gasteiger partial charge in [0.2, 0.25) is 0 Å². The summed E-state index contributed by atoms with van der Waals surface area (Å²) in [5.41, 5.74) is 3.48. The van der Waals surface area contributed by atoms with Crippen LogP contribution in [0.4, 0.5) is 3.89 Å². The molecule has 1 aliphatic rings. The molecule has 3 aromatic carbocycles. The molecule has 1 saturated heterocycles. The number of nitriles is 1. The van der Waals surface area contributed by atoms with Crippen LogP contribution < -0.4 is 14.3 Å². The van der Waals surface area contributed by atoms with Gasteiger partial charge in [-0.2, -0.15) is 13.7 Å². The summed E-state index contributed by atoms with van der Waals surface area (Å²) in [7, 11) is -3.19. The maximum absolute atomic E-state index is 14.1. The molecule has 1 fully saturated rings. The van der Waals surface area contributed by atoms with Crippen molar-refractivity contribution in [1.82, 2.24) is 14.5 Å². The van der Waals surface area contributed by atoms with E-state index in [0.717, 1.165) is 18.5 Å². The smallest absolute Gasteiger partial charge is 0.488 e. The summed E-state index contributed by atoms with van der Waals surface area (Å²) in [6.07, 6.45) is 0. The molecule has 5 aromatic rings. The third-order valence-electron chi connectivity index (χ3n) is 7.30. The Labute approximate surface area is 235 Å². The maximum atomic E-state index is 14.1.